The Bertz CT molecular complexity index is 544. The van der Waals surface area contributed by atoms with E-state index in [1.807, 2.05) is 12.1 Å². The molecule has 0 atom stereocenters. The molecular weight excluding hydrogens is 238 g/mol. The van der Waals surface area contributed by atoms with Crippen molar-refractivity contribution in [1.82, 2.24) is 15.5 Å². The third kappa shape index (κ3) is 3.01. The van der Waals surface area contributed by atoms with Crippen molar-refractivity contribution in [1.29, 1.82) is 0 Å². The number of piperidine rings is 1. The van der Waals surface area contributed by atoms with E-state index in [2.05, 4.69) is 34.5 Å². The number of hydrogen-bond acceptors (Lipinski definition) is 4. The average molecular weight is 257 g/mol. The minimum Gasteiger partial charge on any atom is -0.339 e. The maximum Gasteiger partial charge on any atom is 0.227 e. The van der Waals surface area contributed by atoms with Crippen LogP contribution in [0.25, 0.3) is 11.4 Å². The van der Waals surface area contributed by atoms with E-state index in [9.17, 15) is 0 Å². The molecule has 2 aromatic rings. The number of benzene rings is 1. The van der Waals surface area contributed by atoms with Gasteiger partial charge in [0.05, 0.1) is 0 Å². The largest absolute Gasteiger partial charge is 0.339 e. The summed E-state index contributed by atoms with van der Waals surface area (Å²) in [7, 11) is 0. The van der Waals surface area contributed by atoms with Gasteiger partial charge in [-0.1, -0.05) is 28.9 Å². The fourth-order valence-corrected chi connectivity index (χ4v) is 2.57. The van der Waals surface area contributed by atoms with Gasteiger partial charge in [-0.15, -0.1) is 0 Å². The van der Waals surface area contributed by atoms with Crippen molar-refractivity contribution in [3.63, 3.8) is 0 Å². The first-order chi connectivity index (χ1) is 9.31. The Morgan fingerprint density at radius 1 is 1.32 bits per heavy atom. The third-order valence-electron chi connectivity index (χ3n) is 3.67. The highest BCUT2D eigenvalue weighted by Crippen LogP contribution is 2.20. The SMILES string of the molecule is Cc1cccc(-c2noc(CC3CCNCC3)n2)c1. The van der Waals surface area contributed by atoms with Crippen LogP contribution in [0, 0.1) is 12.8 Å². The van der Waals surface area contributed by atoms with Crippen LogP contribution >= 0.6 is 0 Å². The number of rotatable bonds is 3. The van der Waals surface area contributed by atoms with E-state index in [0.717, 1.165) is 31.0 Å². The second-order valence-corrected chi connectivity index (χ2v) is 5.28. The molecule has 2 heterocycles. The number of nitrogens with zero attached hydrogens (tertiary/aromatic N) is 2. The molecule has 4 heteroatoms. The van der Waals surface area contributed by atoms with Gasteiger partial charge in [-0.25, -0.2) is 0 Å². The normalized spacial score (nSPS) is 16.7. The van der Waals surface area contributed by atoms with E-state index in [0.29, 0.717) is 11.7 Å². The van der Waals surface area contributed by atoms with Crippen LogP contribution in [0.4, 0.5) is 0 Å². The van der Waals surface area contributed by atoms with Gasteiger partial charge < -0.3 is 9.84 Å². The molecule has 0 radical (unpaired) electrons. The van der Waals surface area contributed by atoms with E-state index in [1.165, 1.54) is 18.4 Å². The quantitative estimate of drug-likeness (QED) is 0.918. The number of hydrogen-bond donors (Lipinski definition) is 1. The highest BCUT2D eigenvalue weighted by molar-refractivity contribution is 5.55. The summed E-state index contributed by atoms with van der Waals surface area (Å²) in [5.41, 5.74) is 2.24. The van der Waals surface area contributed by atoms with Crippen LogP contribution in [0.1, 0.15) is 24.3 Å². The predicted octanol–water partition coefficient (Wildman–Crippen LogP) is 2.59. The van der Waals surface area contributed by atoms with Gasteiger partial charge in [0.1, 0.15) is 0 Å². The van der Waals surface area contributed by atoms with Gasteiger partial charge in [-0.05, 0) is 44.8 Å². The first kappa shape index (κ1) is 12.4. The van der Waals surface area contributed by atoms with Gasteiger partial charge in [0.25, 0.3) is 0 Å². The Morgan fingerprint density at radius 3 is 2.95 bits per heavy atom. The van der Waals surface area contributed by atoms with Crippen molar-refractivity contribution in [2.45, 2.75) is 26.2 Å². The van der Waals surface area contributed by atoms with Crippen LogP contribution < -0.4 is 5.32 Å². The topological polar surface area (TPSA) is 51.0 Å². The van der Waals surface area contributed by atoms with E-state index < -0.39 is 0 Å². The van der Waals surface area contributed by atoms with Crippen LogP contribution in [-0.4, -0.2) is 23.2 Å². The third-order valence-corrected chi connectivity index (χ3v) is 3.67. The molecule has 19 heavy (non-hydrogen) atoms. The summed E-state index contributed by atoms with van der Waals surface area (Å²) in [5.74, 6) is 2.14. The maximum absolute atomic E-state index is 5.38. The van der Waals surface area contributed by atoms with Crippen LogP contribution in [0.2, 0.25) is 0 Å². The van der Waals surface area contributed by atoms with Gasteiger partial charge in [-0.2, -0.15) is 4.98 Å². The van der Waals surface area contributed by atoms with Crippen molar-refractivity contribution in [3.05, 3.63) is 35.7 Å². The Kier molecular flexibility index (Phi) is 3.60. The predicted molar refractivity (Wildman–Crippen MR) is 73.8 cm³/mol. The highest BCUT2D eigenvalue weighted by atomic mass is 16.5. The molecule has 4 nitrogen and oxygen atoms in total. The Labute approximate surface area is 113 Å². The summed E-state index contributed by atoms with van der Waals surface area (Å²) < 4.78 is 5.38. The minimum absolute atomic E-state index is 0.673. The monoisotopic (exact) mass is 257 g/mol. The lowest BCUT2D eigenvalue weighted by Gasteiger charge is -2.20. The van der Waals surface area contributed by atoms with Crippen molar-refractivity contribution in [2.75, 3.05) is 13.1 Å². The molecule has 1 aromatic heterocycles. The van der Waals surface area contributed by atoms with Crippen LogP contribution in [0.3, 0.4) is 0 Å². The zero-order chi connectivity index (χ0) is 13.1. The summed E-state index contributed by atoms with van der Waals surface area (Å²) in [6.07, 6.45) is 3.30. The summed E-state index contributed by atoms with van der Waals surface area (Å²) in [5, 5.41) is 7.46. The van der Waals surface area contributed by atoms with Crippen LogP contribution in [0.5, 0.6) is 0 Å². The number of aryl methyl sites for hydroxylation is 1. The molecule has 3 rings (SSSR count). The molecule has 1 N–H and O–H groups in total. The molecule has 1 aliphatic heterocycles. The molecule has 1 saturated heterocycles. The molecule has 0 spiro atoms. The summed E-state index contributed by atoms with van der Waals surface area (Å²) in [4.78, 5) is 4.52. The second-order valence-electron chi connectivity index (χ2n) is 5.28. The molecule has 1 aromatic carbocycles. The van der Waals surface area contributed by atoms with Crippen molar-refractivity contribution < 1.29 is 4.52 Å². The van der Waals surface area contributed by atoms with Crippen molar-refractivity contribution in [3.8, 4) is 11.4 Å². The fraction of sp³-hybridized carbons (Fsp3) is 0.467. The van der Waals surface area contributed by atoms with Crippen molar-refractivity contribution >= 4 is 0 Å². The number of aromatic nitrogens is 2. The Balaban J connectivity index is 1.72. The van der Waals surface area contributed by atoms with Crippen LogP contribution in [-0.2, 0) is 6.42 Å². The van der Waals surface area contributed by atoms with E-state index in [4.69, 9.17) is 4.52 Å². The van der Waals surface area contributed by atoms with Crippen molar-refractivity contribution in [2.24, 2.45) is 5.92 Å². The summed E-state index contributed by atoms with van der Waals surface area (Å²) >= 11 is 0. The molecule has 0 amide bonds. The molecule has 0 aliphatic carbocycles. The van der Waals surface area contributed by atoms with Gasteiger partial charge in [-0.3, -0.25) is 0 Å². The standard InChI is InChI=1S/C15H19N3O/c1-11-3-2-4-13(9-11)15-17-14(19-18-15)10-12-5-7-16-8-6-12/h2-4,9,12,16H,5-8,10H2,1H3. The highest BCUT2D eigenvalue weighted by Gasteiger charge is 2.17. The van der Waals surface area contributed by atoms with Crippen LogP contribution in [0.15, 0.2) is 28.8 Å². The van der Waals surface area contributed by atoms with Gasteiger partial charge in [0.15, 0.2) is 0 Å². The van der Waals surface area contributed by atoms with E-state index >= 15 is 0 Å². The Hall–Kier alpha value is -1.68. The molecule has 0 saturated carbocycles. The smallest absolute Gasteiger partial charge is 0.227 e. The van der Waals surface area contributed by atoms with Gasteiger partial charge >= 0.3 is 0 Å². The molecule has 100 valence electrons. The fourth-order valence-electron chi connectivity index (χ4n) is 2.57. The van der Waals surface area contributed by atoms with Gasteiger partial charge in [0, 0.05) is 12.0 Å². The number of nitrogens with one attached hydrogen (secondary N) is 1. The lowest BCUT2D eigenvalue weighted by atomic mass is 9.95. The molecule has 1 fully saturated rings. The summed E-state index contributed by atoms with van der Waals surface area (Å²) in [6, 6.07) is 8.19. The van der Waals surface area contributed by atoms with E-state index in [1.54, 1.807) is 0 Å². The minimum atomic E-state index is 0.673. The molecular formula is C15H19N3O. The molecule has 0 bridgehead atoms. The molecule has 0 unspecified atom stereocenters. The first-order valence-corrected chi connectivity index (χ1v) is 6.91. The molecule has 1 aliphatic rings. The Morgan fingerprint density at radius 2 is 2.16 bits per heavy atom. The summed E-state index contributed by atoms with van der Waals surface area (Å²) in [6.45, 7) is 4.27. The zero-order valence-electron chi connectivity index (χ0n) is 11.2. The lowest BCUT2D eigenvalue weighted by Crippen LogP contribution is -2.28. The maximum atomic E-state index is 5.38. The second kappa shape index (κ2) is 5.53. The average Bonchev–Trinajstić information content (AvgIpc) is 2.88. The lowest BCUT2D eigenvalue weighted by molar-refractivity contribution is 0.313. The zero-order valence-corrected chi connectivity index (χ0v) is 11.2. The van der Waals surface area contributed by atoms with Gasteiger partial charge in [0.2, 0.25) is 11.7 Å². The first-order valence-electron chi connectivity index (χ1n) is 6.91. The van der Waals surface area contributed by atoms with E-state index in [-0.39, 0.29) is 0 Å².